The number of ether oxygens (including phenoxy) is 1. The molecule has 0 aromatic heterocycles. The number of aliphatic hydroxyl groups excluding tert-OH is 1. The van der Waals surface area contributed by atoms with Crippen molar-refractivity contribution in [2.45, 2.75) is 12.2 Å². The molecule has 4 heteroatoms. The molecule has 0 unspecified atom stereocenters. The first-order valence-corrected chi connectivity index (χ1v) is 5.29. The third-order valence-corrected chi connectivity index (χ3v) is 2.79. The van der Waals surface area contributed by atoms with Gasteiger partial charge in [0, 0.05) is 0 Å². The molecular formula is C11H9BrO3. The minimum atomic E-state index is -0.815. The summed E-state index contributed by atoms with van der Waals surface area (Å²) in [5.41, 5.74) is 0.730. The molecule has 15 heavy (non-hydrogen) atoms. The lowest BCUT2D eigenvalue weighted by atomic mass is 10.1. The van der Waals surface area contributed by atoms with Crippen molar-refractivity contribution in [1.82, 2.24) is 0 Å². The Morgan fingerprint density at radius 1 is 1.33 bits per heavy atom. The van der Waals surface area contributed by atoms with E-state index in [9.17, 15) is 9.90 Å². The number of esters is 1. The predicted octanol–water partition coefficient (Wildman–Crippen LogP) is 1.92. The number of halogens is 1. The Morgan fingerprint density at radius 3 is 2.53 bits per heavy atom. The summed E-state index contributed by atoms with van der Waals surface area (Å²) < 4.78 is 5.32. The Balaban J connectivity index is 2.17. The smallest absolute Gasteiger partial charge is 0.345 e. The molecule has 1 N–H and O–H groups in total. The van der Waals surface area contributed by atoms with Gasteiger partial charge in [-0.2, -0.15) is 0 Å². The summed E-state index contributed by atoms with van der Waals surface area (Å²) in [4.78, 5) is 11.1. The van der Waals surface area contributed by atoms with Crippen molar-refractivity contribution in [1.29, 1.82) is 0 Å². The summed E-state index contributed by atoms with van der Waals surface area (Å²) in [7, 11) is 0. The highest BCUT2D eigenvalue weighted by Gasteiger charge is 2.30. The highest BCUT2D eigenvalue weighted by atomic mass is 79.9. The number of cyclic esters (lactones) is 1. The zero-order valence-corrected chi connectivity index (χ0v) is 9.35. The monoisotopic (exact) mass is 268 g/mol. The van der Waals surface area contributed by atoms with E-state index < -0.39 is 18.2 Å². The first kappa shape index (κ1) is 10.4. The van der Waals surface area contributed by atoms with Gasteiger partial charge in [-0.25, -0.2) is 4.79 Å². The maximum absolute atomic E-state index is 11.1. The van der Waals surface area contributed by atoms with Crippen molar-refractivity contribution in [2.75, 3.05) is 0 Å². The second-order valence-corrected chi connectivity index (χ2v) is 4.09. The van der Waals surface area contributed by atoms with Crippen LogP contribution in [0.25, 0.3) is 0 Å². The Bertz CT molecular complexity index is 400. The molecule has 0 amide bonds. The third-order valence-electron chi connectivity index (χ3n) is 2.20. The van der Waals surface area contributed by atoms with Gasteiger partial charge >= 0.3 is 5.97 Å². The Hall–Kier alpha value is -1.13. The van der Waals surface area contributed by atoms with E-state index in [1.165, 1.54) is 0 Å². The lowest BCUT2D eigenvalue weighted by Crippen LogP contribution is -2.18. The quantitative estimate of drug-likeness (QED) is 0.834. The average Bonchev–Trinajstić information content (AvgIpc) is 2.59. The molecule has 0 radical (unpaired) electrons. The standard InChI is InChI=1S/C11H9BrO3/c12-8-6-9(15-11(8)14)10(13)7-4-2-1-3-5-7/h1-6,9-10,13H/t9-,10+/m0/s1. The summed E-state index contributed by atoms with van der Waals surface area (Å²) in [6, 6.07) is 9.10. The highest BCUT2D eigenvalue weighted by molar-refractivity contribution is 9.12. The number of hydrogen-bond donors (Lipinski definition) is 1. The molecule has 0 spiro atoms. The maximum Gasteiger partial charge on any atom is 0.345 e. The van der Waals surface area contributed by atoms with Gasteiger partial charge in [-0.3, -0.25) is 0 Å². The van der Waals surface area contributed by atoms with E-state index in [0.29, 0.717) is 4.48 Å². The lowest BCUT2D eigenvalue weighted by molar-refractivity contribution is -0.143. The van der Waals surface area contributed by atoms with Gasteiger partial charge in [-0.15, -0.1) is 0 Å². The van der Waals surface area contributed by atoms with Crippen LogP contribution in [0, 0.1) is 0 Å². The van der Waals surface area contributed by atoms with Gasteiger partial charge in [0.05, 0.1) is 0 Å². The van der Waals surface area contributed by atoms with Crippen LogP contribution in [-0.4, -0.2) is 17.2 Å². The second kappa shape index (κ2) is 4.16. The molecule has 1 aliphatic rings. The minimum absolute atomic E-state index is 0.363. The highest BCUT2D eigenvalue weighted by Crippen LogP contribution is 2.28. The Labute approximate surface area is 95.5 Å². The Kier molecular flexibility index (Phi) is 2.88. The summed E-state index contributed by atoms with van der Waals surface area (Å²) in [6.45, 7) is 0. The lowest BCUT2D eigenvalue weighted by Gasteiger charge is -2.15. The van der Waals surface area contributed by atoms with Crippen LogP contribution >= 0.6 is 15.9 Å². The van der Waals surface area contributed by atoms with Gasteiger partial charge in [-0.05, 0) is 27.6 Å². The van der Waals surface area contributed by atoms with Crippen molar-refractivity contribution < 1.29 is 14.6 Å². The average molecular weight is 269 g/mol. The number of benzene rings is 1. The molecule has 0 aliphatic carbocycles. The van der Waals surface area contributed by atoms with Crippen molar-refractivity contribution in [3.05, 3.63) is 46.5 Å². The van der Waals surface area contributed by atoms with Crippen LogP contribution in [0.5, 0.6) is 0 Å². The summed E-state index contributed by atoms with van der Waals surface area (Å²) in [5, 5.41) is 9.91. The normalized spacial score (nSPS) is 22.1. The van der Waals surface area contributed by atoms with E-state index in [1.807, 2.05) is 18.2 Å². The maximum atomic E-state index is 11.1. The summed E-state index contributed by atoms with van der Waals surface area (Å²) >= 11 is 3.06. The first-order chi connectivity index (χ1) is 7.18. The van der Waals surface area contributed by atoms with Crippen molar-refractivity contribution in [3.8, 4) is 0 Å². The van der Waals surface area contributed by atoms with Crippen LogP contribution in [-0.2, 0) is 9.53 Å². The van der Waals surface area contributed by atoms with Gasteiger partial charge < -0.3 is 9.84 Å². The van der Waals surface area contributed by atoms with E-state index in [-0.39, 0.29) is 0 Å². The molecule has 2 atom stereocenters. The van der Waals surface area contributed by atoms with Gasteiger partial charge in [0.1, 0.15) is 10.6 Å². The first-order valence-electron chi connectivity index (χ1n) is 4.50. The van der Waals surface area contributed by atoms with Crippen LogP contribution in [0.1, 0.15) is 11.7 Å². The molecule has 2 rings (SSSR count). The fourth-order valence-electron chi connectivity index (χ4n) is 1.42. The zero-order valence-electron chi connectivity index (χ0n) is 7.76. The molecule has 1 heterocycles. The van der Waals surface area contributed by atoms with Crippen LogP contribution < -0.4 is 0 Å². The molecule has 1 aromatic rings. The molecule has 0 saturated carbocycles. The number of hydrogen-bond acceptors (Lipinski definition) is 3. The molecule has 1 aliphatic heterocycles. The van der Waals surface area contributed by atoms with Gasteiger partial charge in [0.15, 0.2) is 6.10 Å². The number of carbonyl (C=O) groups excluding carboxylic acids is 1. The van der Waals surface area contributed by atoms with Crippen LogP contribution in [0.4, 0.5) is 0 Å². The van der Waals surface area contributed by atoms with Crippen molar-refractivity contribution in [3.63, 3.8) is 0 Å². The van der Waals surface area contributed by atoms with Crippen LogP contribution in [0.3, 0.4) is 0 Å². The number of rotatable bonds is 2. The fourth-order valence-corrected chi connectivity index (χ4v) is 1.78. The van der Waals surface area contributed by atoms with E-state index >= 15 is 0 Å². The fraction of sp³-hybridized carbons (Fsp3) is 0.182. The minimum Gasteiger partial charge on any atom is -0.451 e. The van der Waals surface area contributed by atoms with Gasteiger partial charge in [-0.1, -0.05) is 30.3 Å². The topological polar surface area (TPSA) is 46.5 Å². The molecule has 1 aromatic carbocycles. The van der Waals surface area contributed by atoms with Gasteiger partial charge in [0.2, 0.25) is 0 Å². The van der Waals surface area contributed by atoms with Gasteiger partial charge in [0.25, 0.3) is 0 Å². The van der Waals surface area contributed by atoms with Crippen molar-refractivity contribution in [2.24, 2.45) is 0 Å². The SMILES string of the molecule is O=C1O[C@H]([C@H](O)c2ccccc2)C=C1Br. The largest absolute Gasteiger partial charge is 0.451 e. The Morgan fingerprint density at radius 2 is 2.00 bits per heavy atom. The number of aliphatic hydroxyl groups is 1. The van der Waals surface area contributed by atoms with Crippen LogP contribution in [0.2, 0.25) is 0 Å². The van der Waals surface area contributed by atoms with E-state index in [4.69, 9.17) is 4.74 Å². The molecule has 0 saturated heterocycles. The van der Waals surface area contributed by atoms with E-state index in [2.05, 4.69) is 15.9 Å². The number of carbonyl (C=O) groups is 1. The van der Waals surface area contributed by atoms with E-state index in [1.54, 1.807) is 18.2 Å². The molecule has 78 valence electrons. The predicted molar refractivity (Wildman–Crippen MR) is 58.3 cm³/mol. The molecule has 3 nitrogen and oxygen atoms in total. The molecular weight excluding hydrogens is 260 g/mol. The second-order valence-electron chi connectivity index (χ2n) is 3.24. The molecule has 0 bridgehead atoms. The molecule has 0 fully saturated rings. The van der Waals surface area contributed by atoms with Crippen molar-refractivity contribution >= 4 is 21.9 Å². The summed E-state index contributed by atoms with van der Waals surface area (Å²) in [6.07, 6.45) is 0.152. The summed E-state index contributed by atoms with van der Waals surface area (Å²) in [5.74, 6) is -0.435. The van der Waals surface area contributed by atoms with E-state index in [0.717, 1.165) is 5.56 Å². The van der Waals surface area contributed by atoms with Crippen LogP contribution in [0.15, 0.2) is 40.9 Å². The zero-order chi connectivity index (χ0) is 10.8. The third kappa shape index (κ3) is 2.11.